The third-order valence-corrected chi connectivity index (χ3v) is 4.34. The smallest absolute Gasteiger partial charge is 0.191 e. The minimum Gasteiger partial charge on any atom is -0.357 e. The van der Waals surface area contributed by atoms with E-state index in [9.17, 15) is 0 Å². The van der Waals surface area contributed by atoms with E-state index in [4.69, 9.17) is 4.99 Å². The molecule has 1 unspecified atom stereocenters. The zero-order chi connectivity index (χ0) is 18.8. The zero-order valence-electron chi connectivity index (χ0n) is 16.6. The molecular formula is C21H33N5. The third-order valence-electron chi connectivity index (χ3n) is 4.34. The molecule has 2 rings (SSSR count). The lowest BCUT2D eigenvalue weighted by molar-refractivity contribution is 0.562. The highest BCUT2D eigenvalue weighted by molar-refractivity contribution is 5.80. The van der Waals surface area contributed by atoms with Crippen LogP contribution in [-0.2, 0) is 13.0 Å². The van der Waals surface area contributed by atoms with Crippen LogP contribution in [0.1, 0.15) is 43.6 Å². The highest BCUT2D eigenvalue weighted by Crippen LogP contribution is 2.05. The fourth-order valence-corrected chi connectivity index (χ4v) is 2.97. The predicted molar refractivity (Wildman–Crippen MR) is 110 cm³/mol. The van der Waals surface area contributed by atoms with Crippen LogP contribution in [-0.4, -0.2) is 34.9 Å². The summed E-state index contributed by atoms with van der Waals surface area (Å²) in [6.07, 6.45) is 3.14. The number of nitrogens with zero attached hydrogens (tertiary/aromatic N) is 3. The summed E-state index contributed by atoms with van der Waals surface area (Å²) < 4.78 is 2.06. The average Bonchev–Trinajstić information content (AvgIpc) is 2.95. The van der Waals surface area contributed by atoms with Gasteiger partial charge in [0.15, 0.2) is 5.96 Å². The molecule has 1 atom stereocenters. The Labute approximate surface area is 157 Å². The summed E-state index contributed by atoms with van der Waals surface area (Å²) in [5.74, 6) is 0.904. The van der Waals surface area contributed by atoms with Crippen LogP contribution in [0.25, 0.3) is 0 Å². The predicted octanol–water partition coefficient (Wildman–Crippen LogP) is 3.47. The van der Waals surface area contributed by atoms with E-state index >= 15 is 0 Å². The molecule has 2 aromatic rings. The van der Waals surface area contributed by atoms with Crippen molar-refractivity contribution in [2.45, 2.75) is 59.5 Å². The Balaban J connectivity index is 1.76. The Bertz CT molecular complexity index is 675. The molecule has 5 nitrogen and oxygen atoms in total. The summed E-state index contributed by atoms with van der Waals surface area (Å²) in [7, 11) is 0. The van der Waals surface area contributed by atoms with Crippen molar-refractivity contribution >= 4 is 5.96 Å². The van der Waals surface area contributed by atoms with Gasteiger partial charge < -0.3 is 10.6 Å². The van der Waals surface area contributed by atoms with Gasteiger partial charge in [0.25, 0.3) is 0 Å². The van der Waals surface area contributed by atoms with Crippen molar-refractivity contribution in [3.05, 3.63) is 53.3 Å². The SMILES string of the molecule is CCNC(=NCCCn1nc(C)cc1C)NC(C)CCc1ccccc1. The highest BCUT2D eigenvalue weighted by Gasteiger charge is 2.06. The maximum Gasteiger partial charge on any atom is 0.191 e. The number of nitrogens with one attached hydrogen (secondary N) is 2. The topological polar surface area (TPSA) is 54.2 Å². The van der Waals surface area contributed by atoms with Gasteiger partial charge in [-0.05, 0) is 58.6 Å². The number of guanidine groups is 1. The van der Waals surface area contributed by atoms with Crippen LogP contribution in [0.2, 0.25) is 0 Å². The van der Waals surface area contributed by atoms with Crippen molar-refractivity contribution in [2.75, 3.05) is 13.1 Å². The summed E-state index contributed by atoms with van der Waals surface area (Å²) in [5.41, 5.74) is 3.67. The molecule has 0 saturated carbocycles. The van der Waals surface area contributed by atoms with Gasteiger partial charge in [-0.25, -0.2) is 0 Å². The molecule has 1 aromatic carbocycles. The van der Waals surface area contributed by atoms with Crippen LogP contribution in [0.5, 0.6) is 0 Å². The molecule has 0 spiro atoms. The molecule has 26 heavy (non-hydrogen) atoms. The summed E-state index contributed by atoms with van der Waals surface area (Å²) in [4.78, 5) is 4.71. The number of aryl methyl sites for hydroxylation is 4. The van der Waals surface area contributed by atoms with Gasteiger partial charge in [0.1, 0.15) is 0 Å². The first kappa shape index (κ1) is 20.0. The van der Waals surface area contributed by atoms with Crippen molar-refractivity contribution in [3.63, 3.8) is 0 Å². The molecule has 0 bridgehead atoms. The van der Waals surface area contributed by atoms with Gasteiger partial charge in [-0.1, -0.05) is 30.3 Å². The molecule has 0 fully saturated rings. The fourth-order valence-electron chi connectivity index (χ4n) is 2.97. The first-order valence-electron chi connectivity index (χ1n) is 9.68. The second-order valence-electron chi connectivity index (χ2n) is 6.83. The Morgan fingerprint density at radius 1 is 1.23 bits per heavy atom. The van der Waals surface area contributed by atoms with E-state index in [2.05, 4.69) is 77.6 Å². The van der Waals surface area contributed by atoms with Crippen LogP contribution in [0.4, 0.5) is 0 Å². The van der Waals surface area contributed by atoms with Gasteiger partial charge in [-0.2, -0.15) is 5.10 Å². The van der Waals surface area contributed by atoms with Gasteiger partial charge in [-0.15, -0.1) is 0 Å². The number of aliphatic imine (C=N–C) groups is 1. The highest BCUT2D eigenvalue weighted by atomic mass is 15.3. The number of aromatic nitrogens is 2. The standard InChI is InChI=1S/C21H33N5/c1-5-22-21(23-14-9-15-26-19(4)16-18(3)25-26)24-17(2)12-13-20-10-7-6-8-11-20/h6-8,10-11,16-17H,5,9,12-15H2,1-4H3,(H2,22,23,24). The molecule has 0 aliphatic heterocycles. The number of hydrogen-bond donors (Lipinski definition) is 2. The van der Waals surface area contributed by atoms with Crippen molar-refractivity contribution in [1.82, 2.24) is 20.4 Å². The van der Waals surface area contributed by atoms with E-state index in [-0.39, 0.29) is 0 Å². The second kappa shape index (κ2) is 10.6. The largest absolute Gasteiger partial charge is 0.357 e. The quantitative estimate of drug-likeness (QED) is 0.411. The van der Waals surface area contributed by atoms with E-state index in [0.717, 1.165) is 50.6 Å². The van der Waals surface area contributed by atoms with Crippen LogP contribution < -0.4 is 10.6 Å². The Morgan fingerprint density at radius 3 is 2.65 bits per heavy atom. The monoisotopic (exact) mass is 355 g/mol. The number of rotatable bonds is 9. The molecule has 0 aliphatic rings. The first-order chi connectivity index (χ1) is 12.6. The van der Waals surface area contributed by atoms with Crippen molar-refractivity contribution in [2.24, 2.45) is 4.99 Å². The van der Waals surface area contributed by atoms with Crippen LogP contribution in [0, 0.1) is 13.8 Å². The Kier molecular flexibility index (Phi) is 8.19. The first-order valence-corrected chi connectivity index (χ1v) is 9.68. The molecule has 142 valence electrons. The van der Waals surface area contributed by atoms with Crippen molar-refractivity contribution in [3.8, 4) is 0 Å². The van der Waals surface area contributed by atoms with Crippen molar-refractivity contribution in [1.29, 1.82) is 0 Å². The summed E-state index contributed by atoms with van der Waals surface area (Å²) in [6.45, 7) is 11.0. The van der Waals surface area contributed by atoms with E-state index in [1.54, 1.807) is 0 Å². The normalized spacial score (nSPS) is 12.8. The molecule has 0 radical (unpaired) electrons. The van der Waals surface area contributed by atoms with Crippen LogP contribution in [0.3, 0.4) is 0 Å². The number of hydrogen-bond acceptors (Lipinski definition) is 2. The van der Waals surface area contributed by atoms with Gasteiger partial charge in [0.05, 0.1) is 5.69 Å². The van der Waals surface area contributed by atoms with Crippen LogP contribution in [0.15, 0.2) is 41.4 Å². The Hall–Kier alpha value is -2.30. The molecule has 5 heteroatoms. The van der Waals surface area contributed by atoms with Gasteiger partial charge in [-0.3, -0.25) is 9.67 Å². The zero-order valence-corrected chi connectivity index (χ0v) is 16.6. The third kappa shape index (κ3) is 6.90. The fraction of sp³-hybridized carbons (Fsp3) is 0.524. The Morgan fingerprint density at radius 2 is 2.00 bits per heavy atom. The van der Waals surface area contributed by atoms with E-state index in [1.165, 1.54) is 11.3 Å². The van der Waals surface area contributed by atoms with Crippen molar-refractivity contribution < 1.29 is 0 Å². The van der Waals surface area contributed by atoms with Gasteiger partial charge in [0.2, 0.25) is 0 Å². The molecule has 0 saturated heterocycles. The second-order valence-corrected chi connectivity index (χ2v) is 6.83. The summed E-state index contributed by atoms with van der Waals surface area (Å²) in [6, 6.07) is 13.1. The molecular weight excluding hydrogens is 322 g/mol. The van der Waals surface area contributed by atoms with E-state index in [1.807, 2.05) is 6.92 Å². The molecule has 1 heterocycles. The average molecular weight is 356 g/mol. The lowest BCUT2D eigenvalue weighted by Gasteiger charge is -2.18. The number of benzene rings is 1. The lowest BCUT2D eigenvalue weighted by atomic mass is 10.1. The summed E-state index contributed by atoms with van der Waals surface area (Å²) >= 11 is 0. The summed E-state index contributed by atoms with van der Waals surface area (Å²) in [5, 5.41) is 11.4. The maximum atomic E-state index is 4.71. The van der Waals surface area contributed by atoms with E-state index in [0.29, 0.717) is 6.04 Å². The molecule has 0 aliphatic carbocycles. The lowest BCUT2D eigenvalue weighted by Crippen LogP contribution is -2.42. The van der Waals surface area contributed by atoms with Gasteiger partial charge in [0, 0.05) is 31.4 Å². The maximum absolute atomic E-state index is 4.71. The van der Waals surface area contributed by atoms with Crippen LogP contribution >= 0.6 is 0 Å². The van der Waals surface area contributed by atoms with E-state index < -0.39 is 0 Å². The molecule has 2 N–H and O–H groups in total. The minimum atomic E-state index is 0.379. The molecule has 1 aromatic heterocycles. The van der Waals surface area contributed by atoms with Gasteiger partial charge >= 0.3 is 0 Å². The minimum absolute atomic E-state index is 0.379. The molecule has 0 amide bonds.